The Morgan fingerprint density at radius 2 is 2.27 bits per heavy atom. The summed E-state index contributed by atoms with van der Waals surface area (Å²) in [6.45, 7) is 5.64. The minimum atomic E-state index is 0. The van der Waals surface area contributed by atoms with Crippen molar-refractivity contribution in [2.45, 2.75) is 45.1 Å². The summed E-state index contributed by atoms with van der Waals surface area (Å²) in [6, 6.07) is 0. The second-order valence-corrected chi connectivity index (χ2v) is 8.02. The summed E-state index contributed by atoms with van der Waals surface area (Å²) in [5, 5.41) is 8.98. The van der Waals surface area contributed by atoms with Gasteiger partial charge in [0.1, 0.15) is 17.1 Å². The summed E-state index contributed by atoms with van der Waals surface area (Å²) < 4.78 is 7.30. The molecule has 0 spiro atoms. The Morgan fingerprint density at radius 1 is 1.50 bits per heavy atom. The van der Waals surface area contributed by atoms with Gasteiger partial charge in [-0.1, -0.05) is 22.1 Å². The molecule has 6 nitrogen and oxygen atoms in total. The number of hydrogen-bond donors (Lipinski definition) is 3. The van der Waals surface area contributed by atoms with Crippen molar-refractivity contribution in [3.8, 4) is 0 Å². The number of nitrogen functional groups attached to an aromatic ring is 1. The van der Waals surface area contributed by atoms with Crippen LogP contribution in [0.25, 0.3) is 0 Å². The van der Waals surface area contributed by atoms with Crippen molar-refractivity contribution in [2.24, 2.45) is 0 Å². The molecular weight excluding hydrogens is 412 g/mol. The number of aryl methyl sites for hydroxylation is 1. The minimum absolute atomic E-state index is 0. The number of anilines is 1. The van der Waals surface area contributed by atoms with Gasteiger partial charge in [0.05, 0.1) is 10.4 Å². The molecule has 146 valence electrons. The molecule has 3 N–H and O–H groups in total. The zero-order valence-corrected chi connectivity index (χ0v) is 18.2. The standard InChI is InChI=1S/C12H17N4OS.C4H8OS2.ClH/c1-8-11(3-4-17)18-7-16(8)6-10-5-14-9(2)15-12(10)13;6-7-4-2-1-3-5-4;/h5,7,17H,3-4,6H2,1-2H3,(H2,13,14,15);4,6H,1-3H2;1H/q+1;;/p-1. The number of thiol groups is 1. The first-order valence-electron chi connectivity index (χ1n) is 8.12. The molecule has 0 saturated carbocycles. The Bertz CT molecular complexity index is 682. The van der Waals surface area contributed by atoms with Gasteiger partial charge in [-0.3, -0.25) is 0 Å². The van der Waals surface area contributed by atoms with E-state index in [4.69, 9.17) is 15.6 Å². The summed E-state index contributed by atoms with van der Waals surface area (Å²) >= 11 is 5.66. The number of hydrogen-bond acceptors (Lipinski definition) is 8. The highest BCUT2D eigenvalue weighted by Gasteiger charge is 2.17. The van der Waals surface area contributed by atoms with Crippen LogP contribution < -0.4 is 22.7 Å². The summed E-state index contributed by atoms with van der Waals surface area (Å²) in [5.41, 5.74) is 10.4. The number of aliphatic hydroxyl groups is 1. The first-order valence-corrected chi connectivity index (χ1v) is 10.9. The molecule has 1 unspecified atom stereocenters. The smallest absolute Gasteiger partial charge is 0.225 e. The van der Waals surface area contributed by atoms with Crippen molar-refractivity contribution >= 4 is 39.6 Å². The molecule has 1 aliphatic rings. The van der Waals surface area contributed by atoms with Gasteiger partial charge in [0.2, 0.25) is 5.51 Å². The van der Waals surface area contributed by atoms with E-state index < -0.39 is 0 Å². The molecule has 0 aliphatic carbocycles. The number of ether oxygens (including phenoxy) is 1. The van der Waals surface area contributed by atoms with Crippen LogP contribution in [-0.4, -0.2) is 33.7 Å². The zero-order valence-electron chi connectivity index (χ0n) is 14.9. The van der Waals surface area contributed by atoms with Gasteiger partial charge in [0.15, 0.2) is 12.2 Å². The highest BCUT2D eigenvalue weighted by molar-refractivity contribution is 8.68. The third-order valence-corrected chi connectivity index (χ3v) is 6.32. The first-order chi connectivity index (χ1) is 12.0. The average Bonchev–Trinajstić information content (AvgIpc) is 3.23. The fourth-order valence-corrected chi connectivity index (χ4v) is 4.31. The molecule has 1 fully saturated rings. The van der Waals surface area contributed by atoms with Crippen molar-refractivity contribution in [1.82, 2.24) is 9.97 Å². The van der Waals surface area contributed by atoms with Crippen molar-refractivity contribution in [3.63, 3.8) is 0 Å². The van der Waals surface area contributed by atoms with Gasteiger partial charge in [-0.05, 0) is 19.8 Å². The van der Waals surface area contributed by atoms with E-state index in [1.54, 1.807) is 17.5 Å². The second-order valence-electron chi connectivity index (χ2n) is 5.71. The Balaban J connectivity index is 0.000000357. The van der Waals surface area contributed by atoms with E-state index in [9.17, 15) is 0 Å². The second kappa shape index (κ2) is 12.0. The van der Waals surface area contributed by atoms with Gasteiger partial charge in [0, 0.05) is 32.8 Å². The van der Waals surface area contributed by atoms with E-state index in [0.717, 1.165) is 17.9 Å². The van der Waals surface area contributed by atoms with Gasteiger partial charge in [0.25, 0.3) is 0 Å². The monoisotopic (exact) mass is 436 g/mol. The van der Waals surface area contributed by atoms with Gasteiger partial charge < -0.3 is 28.0 Å². The number of nitrogens with two attached hydrogens (primary N) is 1. The van der Waals surface area contributed by atoms with Gasteiger partial charge in [-0.25, -0.2) is 9.97 Å². The summed E-state index contributed by atoms with van der Waals surface area (Å²) in [4.78, 5) is 9.53. The van der Waals surface area contributed by atoms with E-state index in [0.29, 0.717) is 30.0 Å². The summed E-state index contributed by atoms with van der Waals surface area (Å²) in [6.07, 6.45) is 4.85. The maximum atomic E-state index is 8.98. The Kier molecular flexibility index (Phi) is 10.8. The van der Waals surface area contributed by atoms with E-state index >= 15 is 0 Å². The fraction of sp³-hybridized carbons (Fsp3) is 0.562. The maximum Gasteiger partial charge on any atom is 0.225 e. The Morgan fingerprint density at radius 3 is 2.81 bits per heavy atom. The molecule has 2 aromatic heterocycles. The van der Waals surface area contributed by atoms with Gasteiger partial charge in [-0.15, -0.1) is 11.7 Å². The van der Waals surface area contributed by atoms with Crippen LogP contribution in [0.5, 0.6) is 0 Å². The lowest BCUT2D eigenvalue weighted by Crippen LogP contribution is -3.00. The van der Waals surface area contributed by atoms with Crippen LogP contribution in [0.1, 0.15) is 34.8 Å². The third-order valence-electron chi connectivity index (χ3n) is 3.86. The van der Waals surface area contributed by atoms with Crippen molar-refractivity contribution < 1.29 is 26.8 Å². The molecule has 0 bridgehead atoms. The molecule has 1 aliphatic heterocycles. The van der Waals surface area contributed by atoms with Gasteiger partial charge >= 0.3 is 0 Å². The molecule has 0 amide bonds. The van der Waals surface area contributed by atoms with Crippen LogP contribution in [0.4, 0.5) is 5.82 Å². The van der Waals surface area contributed by atoms with Crippen LogP contribution in [-0.2, 0) is 17.7 Å². The number of aromatic nitrogens is 3. The average molecular weight is 437 g/mol. The fourth-order valence-electron chi connectivity index (χ4n) is 2.40. The lowest BCUT2D eigenvalue weighted by Gasteiger charge is -2.01. The molecule has 0 radical (unpaired) electrons. The topological polar surface area (TPSA) is 85.1 Å². The van der Waals surface area contributed by atoms with Crippen molar-refractivity contribution in [1.29, 1.82) is 0 Å². The van der Waals surface area contributed by atoms with E-state index in [-0.39, 0.29) is 19.0 Å². The highest BCUT2D eigenvalue weighted by atomic mass is 35.5. The molecule has 26 heavy (non-hydrogen) atoms. The maximum absolute atomic E-state index is 8.98. The quantitative estimate of drug-likeness (QED) is 0.327. The van der Waals surface area contributed by atoms with E-state index in [1.807, 2.05) is 19.4 Å². The predicted octanol–water partition coefficient (Wildman–Crippen LogP) is -0.687. The number of aliphatic hydroxyl groups excluding tert-OH is 1. The Labute approximate surface area is 173 Å². The number of thiazole rings is 1. The molecule has 2 aromatic rings. The van der Waals surface area contributed by atoms with Crippen molar-refractivity contribution in [2.75, 3.05) is 18.9 Å². The molecule has 10 heteroatoms. The van der Waals surface area contributed by atoms with Gasteiger partial charge in [-0.2, -0.15) is 4.57 Å². The molecule has 1 atom stereocenters. The number of rotatable bonds is 5. The lowest BCUT2D eigenvalue weighted by atomic mass is 10.2. The van der Waals surface area contributed by atoms with E-state index in [1.165, 1.54) is 28.5 Å². The Hall–Kier alpha value is -0.580. The molecule has 3 heterocycles. The van der Waals surface area contributed by atoms with Crippen LogP contribution in [0, 0.1) is 13.8 Å². The predicted molar refractivity (Wildman–Crippen MR) is 106 cm³/mol. The molecule has 1 saturated heterocycles. The number of nitrogens with zero attached hydrogens (tertiary/aromatic N) is 3. The molecule has 0 aromatic carbocycles. The normalized spacial score (nSPS) is 15.9. The lowest BCUT2D eigenvalue weighted by molar-refractivity contribution is -0.689. The van der Waals surface area contributed by atoms with Crippen molar-refractivity contribution in [3.05, 3.63) is 33.7 Å². The SMILES string of the molecule is Cc1ncc(C[n+]2csc(CCO)c2C)c(N)n1.SSC1CCCO1.[Cl-]. The summed E-state index contributed by atoms with van der Waals surface area (Å²) in [7, 11) is 1.50. The highest BCUT2D eigenvalue weighted by Crippen LogP contribution is 2.25. The largest absolute Gasteiger partial charge is 1.00 e. The van der Waals surface area contributed by atoms with Crippen LogP contribution in [0.2, 0.25) is 0 Å². The minimum Gasteiger partial charge on any atom is -1.00 e. The van der Waals surface area contributed by atoms with Crippen LogP contribution in [0.15, 0.2) is 11.7 Å². The number of halogens is 1. The summed E-state index contributed by atoms with van der Waals surface area (Å²) in [5.74, 6) is 1.22. The first kappa shape index (κ1) is 23.5. The van der Waals surface area contributed by atoms with E-state index in [2.05, 4.69) is 26.2 Å². The van der Waals surface area contributed by atoms with Crippen LogP contribution in [0.3, 0.4) is 0 Å². The molecular formula is C16H25ClN4O2S3. The van der Waals surface area contributed by atoms with Crippen LogP contribution >= 0.6 is 33.8 Å². The third kappa shape index (κ3) is 6.86. The zero-order chi connectivity index (χ0) is 18.2. The molecule has 3 rings (SSSR count).